The van der Waals surface area contributed by atoms with Gasteiger partial charge in [0.25, 0.3) is 0 Å². The van der Waals surface area contributed by atoms with Crippen molar-refractivity contribution in [3.63, 3.8) is 0 Å². The van der Waals surface area contributed by atoms with Crippen LogP contribution in [-0.2, 0) is 9.59 Å². The molecule has 4 rings (SSSR count). The maximum absolute atomic E-state index is 13.3. The highest BCUT2D eigenvalue weighted by Crippen LogP contribution is 2.39. The Morgan fingerprint density at radius 2 is 1.74 bits per heavy atom. The number of nitrogens with one attached hydrogen (secondary N) is 2. The van der Waals surface area contributed by atoms with Gasteiger partial charge >= 0.3 is 0 Å². The van der Waals surface area contributed by atoms with Crippen molar-refractivity contribution >= 4 is 11.8 Å². The van der Waals surface area contributed by atoms with Crippen LogP contribution >= 0.6 is 0 Å². The molecule has 0 radical (unpaired) electrons. The number of hydrogen-bond donors (Lipinski definition) is 2. The summed E-state index contributed by atoms with van der Waals surface area (Å²) < 4.78 is 0. The van der Waals surface area contributed by atoms with E-state index in [1.54, 1.807) is 0 Å². The Balaban J connectivity index is 1.28. The Morgan fingerprint density at radius 1 is 1.03 bits per heavy atom. The lowest BCUT2D eigenvalue weighted by atomic mass is 9.69. The third kappa shape index (κ3) is 7.09. The predicted molar refractivity (Wildman–Crippen MR) is 142 cm³/mol. The van der Waals surface area contributed by atoms with E-state index in [1.165, 1.54) is 44.1 Å². The largest absolute Gasteiger partial charge is 0.355 e. The molecule has 2 aliphatic heterocycles. The molecule has 0 bridgehead atoms. The van der Waals surface area contributed by atoms with Crippen LogP contribution in [0.5, 0.6) is 0 Å². The van der Waals surface area contributed by atoms with Crippen molar-refractivity contribution in [2.45, 2.75) is 91.1 Å². The van der Waals surface area contributed by atoms with Crippen molar-refractivity contribution in [1.82, 2.24) is 20.4 Å². The molecule has 2 N–H and O–H groups in total. The second kappa shape index (κ2) is 12.7. The van der Waals surface area contributed by atoms with Crippen molar-refractivity contribution < 1.29 is 9.59 Å². The summed E-state index contributed by atoms with van der Waals surface area (Å²) in [5.74, 6) is 2.56. The molecule has 0 aromatic rings. The molecule has 198 valence electrons. The lowest BCUT2D eigenvalue weighted by molar-refractivity contribution is -0.134. The molecule has 0 spiro atoms. The zero-order chi connectivity index (χ0) is 24.8. The van der Waals surface area contributed by atoms with E-state index < -0.39 is 0 Å². The minimum absolute atomic E-state index is 0.217. The van der Waals surface area contributed by atoms with Gasteiger partial charge in [-0.3, -0.25) is 14.5 Å². The third-order valence-corrected chi connectivity index (χ3v) is 9.38. The molecule has 2 heterocycles. The van der Waals surface area contributed by atoms with Crippen LogP contribution in [0, 0.1) is 29.6 Å². The average molecular weight is 487 g/mol. The highest BCUT2D eigenvalue weighted by atomic mass is 16.2. The maximum Gasteiger partial charge on any atom is 0.223 e. The summed E-state index contributed by atoms with van der Waals surface area (Å²) in [5.41, 5.74) is 1.34. The number of allylic oxidation sites excluding steroid dienone is 1. The Labute approximate surface area is 213 Å². The van der Waals surface area contributed by atoms with Gasteiger partial charge in [-0.25, -0.2) is 0 Å². The Kier molecular flexibility index (Phi) is 9.68. The summed E-state index contributed by atoms with van der Waals surface area (Å²) in [6.07, 6.45) is 14.2. The van der Waals surface area contributed by atoms with Gasteiger partial charge in [0, 0.05) is 45.1 Å². The Bertz CT molecular complexity index is 731. The van der Waals surface area contributed by atoms with Crippen LogP contribution in [-0.4, -0.2) is 67.0 Å². The van der Waals surface area contributed by atoms with E-state index in [2.05, 4.69) is 47.3 Å². The summed E-state index contributed by atoms with van der Waals surface area (Å²) in [6, 6.07) is 0. The first-order valence-electron chi connectivity index (χ1n) is 14.6. The molecule has 2 saturated heterocycles. The summed E-state index contributed by atoms with van der Waals surface area (Å²) in [5, 5.41) is 6.95. The lowest BCUT2D eigenvalue weighted by Gasteiger charge is -2.42. The molecule has 6 heteroatoms. The maximum atomic E-state index is 13.3. The monoisotopic (exact) mass is 486 g/mol. The number of carbonyl (C=O) groups excluding carboxylic acids is 2. The van der Waals surface area contributed by atoms with E-state index >= 15 is 0 Å². The second-order valence-electron chi connectivity index (χ2n) is 12.1. The van der Waals surface area contributed by atoms with Gasteiger partial charge in [0.1, 0.15) is 0 Å². The average Bonchev–Trinajstić information content (AvgIpc) is 2.89. The number of amides is 2. The van der Waals surface area contributed by atoms with E-state index in [-0.39, 0.29) is 11.8 Å². The summed E-state index contributed by atoms with van der Waals surface area (Å²) >= 11 is 0. The summed E-state index contributed by atoms with van der Waals surface area (Å²) in [6.45, 7) is 12.4. The van der Waals surface area contributed by atoms with Crippen LogP contribution in [0.25, 0.3) is 0 Å². The fraction of sp³-hybridized carbons (Fsp3) is 0.862. The number of nitrogens with zero attached hydrogens (tertiary/aromatic N) is 2. The first-order valence-corrected chi connectivity index (χ1v) is 14.6. The minimum atomic E-state index is 0.217. The highest BCUT2D eigenvalue weighted by molar-refractivity contribution is 5.78. The number of piperidine rings is 1. The van der Waals surface area contributed by atoms with Crippen molar-refractivity contribution in [1.29, 1.82) is 0 Å². The molecule has 3 fully saturated rings. The Hall–Kier alpha value is -1.40. The van der Waals surface area contributed by atoms with E-state index in [1.807, 2.05) is 0 Å². The van der Waals surface area contributed by atoms with Gasteiger partial charge in [-0.2, -0.15) is 0 Å². The molecule has 6 nitrogen and oxygen atoms in total. The van der Waals surface area contributed by atoms with Gasteiger partial charge in [-0.1, -0.05) is 44.8 Å². The first-order chi connectivity index (χ1) is 16.9. The zero-order valence-corrected chi connectivity index (χ0v) is 22.6. The predicted octanol–water partition coefficient (Wildman–Crippen LogP) is 4.17. The number of rotatable bonds is 7. The van der Waals surface area contributed by atoms with Crippen LogP contribution in [0.3, 0.4) is 0 Å². The quantitative estimate of drug-likeness (QED) is 0.530. The van der Waals surface area contributed by atoms with E-state index in [9.17, 15) is 9.59 Å². The van der Waals surface area contributed by atoms with Gasteiger partial charge in [0.05, 0.1) is 6.17 Å². The van der Waals surface area contributed by atoms with Crippen molar-refractivity contribution in [2.75, 3.05) is 39.3 Å². The molecule has 4 atom stereocenters. The van der Waals surface area contributed by atoms with Crippen molar-refractivity contribution in [2.24, 2.45) is 29.6 Å². The van der Waals surface area contributed by atoms with Gasteiger partial charge in [0.15, 0.2) is 0 Å². The molecule has 1 saturated carbocycles. The molecule has 1 unspecified atom stereocenters. The highest BCUT2D eigenvalue weighted by Gasteiger charge is 2.35. The minimum Gasteiger partial charge on any atom is -0.355 e. The summed E-state index contributed by atoms with van der Waals surface area (Å²) in [7, 11) is 0. The second-order valence-corrected chi connectivity index (χ2v) is 12.1. The van der Waals surface area contributed by atoms with Gasteiger partial charge in [0.2, 0.25) is 11.8 Å². The number of piperazine rings is 1. The molecule has 0 aromatic carbocycles. The topological polar surface area (TPSA) is 64.7 Å². The SMILES string of the molecule is CC1=C[C@@H](CNC(=O)C2CCCCC2)[C@H](C(C)C)C[C@H]1CC(=O)N1CCN(C2CCCCN2)CC1. The molecule has 2 aliphatic carbocycles. The smallest absolute Gasteiger partial charge is 0.223 e. The standard InChI is InChI=1S/C29H50N4O2/c1-21(2)26-18-24(22(3)17-25(26)20-31-29(35)23-9-5-4-6-10-23)19-28(34)33-15-13-32(14-16-33)27-11-7-8-12-30-27/h17,21,23-27,30H,4-16,18-20H2,1-3H3,(H,31,35)/t24-,25-,26-,27?/m0/s1. The lowest BCUT2D eigenvalue weighted by Crippen LogP contribution is -2.57. The molecular weight excluding hydrogens is 436 g/mol. The van der Waals surface area contributed by atoms with Gasteiger partial charge in [-0.15, -0.1) is 0 Å². The number of hydrogen-bond acceptors (Lipinski definition) is 4. The van der Waals surface area contributed by atoms with E-state index in [0.717, 1.165) is 58.5 Å². The fourth-order valence-electron chi connectivity index (χ4n) is 7.00. The van der Waals surface area contributed by atoms with E-state index in [0.29, 0.717) is 42.2 Å². The Morgan fingerprint density at radius 3 is 2.40 bits per heavy atom. The molecule has 4 aliphatic rings. The van der Waals surface area contributed by atoms with Crippen molar-refractivity contribution in [3.05, 3.63) is 11.6 Å². The van der Waals surface area contributed by atoms with E-state index in [4.69, 9.17) is 0 Å². The third-order valence-electron chi connectivity index (χ3n) is 9.38. The normalized spacial score (nSPS) is 31.3. The van der Waals surface area contributed by atoms with Crippen LogP contribution in [0.15, 0.2) is 11.6 Å². The van der Waals surface area contributed by atoms with Crippen LogP contribution in [0.2, 0.25) is 0 Å². The molecule has 2 amide bonds. The summed E-state index contributed by atoms with van der Waals surface area (Å²) in [4.78, 5) is 30.6. The van der Waals surface area contributed by atoms with Crippen LogP contribution in [0.1, 0.15) is 85.0 Å². The van der Waals surface area contributed by atoms with Crippen LogP contribution < -0.4 is 10.6 Å². The van der Waals surface area contributed by atoms with Crippen molar-refractivity contribution in [3.8, 4) is 0 Å². The van der Waals surface area contributed by atoms with Gasteiger partial charge in [-0.05, 0) is 75.7 Å². The zero-order valence-electron chi connectivity index (χ0n) is 22.6. The molecular formula is C29H50N4O2. The molecule has 0 aromatic heterocycles. The number of carbonyl (C=O) groups is 2. The van der Waals surface area contributed by atoms with Gasteiger partial charge < -0.3 is 15.5 Å². The van der Waals surface area contributed by atoms with Crippen LogP contribution in [0.4, 0.5) is 0 Å². The fourth-order valence-corrected chi connectivity index (χ4v) is 7.00. The first kappa shape index (κ1) is 26.7. The molecule has 35 heavy (non-hydrogen) atoms.